The first kappa shape index (κ1) is 15.0. The highest BCUT2D eigenvalue weighted by molar-refractivity contribution is 5.70. The van der Waals surface area contributed by atoms with E-state index in [0.717, 1.165) is 11.1 Å². The van der Waals surface area contributed by atoms with E-state index in [4.69, 9.17) is 10.00 Å². The van der Waals surface area contributed by atoms with Crippen LogP contribution in [-0.2, 0) is 11.3 Å². The van der Waals surface area contributed by atoms with Gasteiger partial charge in [-0.3, -0.25) is 0 Å². The zero-order chi connectivity index (χ0) is 16.1. The Labute approximate surface area is 136 Å². The Morgan fingerprint density at radius 3 is 1.48 bits per heavy atom. The minimum absolute atomic E-state index is 0.637. The minimum Gasteiger partial charge on any atom is -0.380 e. The van der Waals surface area contributed by atoms with E-state index in [1.165, 1.54) is 16.7 Å². The van der Waals surface area contributed by atoms with Gasteiger partial charge in [0.05, 0.1) is 18.2 Å². The van der Waals surface area contributed by atoms with Gasteiger partial charge in [-0.2, -0.15) is 5.26 Å². The van der Waals surface area contributed by atoms with Gasteiger partial charge < -0.3 is 4.74 Å². The molecular weight excluding hydrogens is 282 g/mol. The molecule has 0 amide bonds. The molecule has 0 bridgehead atoms. The molecule has 0 heterocycles. The van der Waals surface area contributed by atoms with Crippen molar-refractivity contribution in [2.24, 2.45) is 0 Å². The third-order valence-corrected chi connectivity index (χ3v) is 3.83. The Balaban J connectivity index is 1.82. The molecule has 3 aromatic rings. The molecule has 0 fully saturated rings. The molecule has 0 spiro atoms. The summed E-state index contributed by atoms with van der Waals surface area (Å²) in [5.74, 6) is 0. The van der Waals surface area contributed by atoms with Crippen LogP contribution >= 0.6 is 0 Å². The van der Waals surface area contributed by atoms with Crippen molar-refractivity contribution < 1.29 is 4.74 Å². The van der Waals surface area contributed by atoms with Crippen LogP contribution in [-0.4, -0.2) is 7.11 Å². The van der Waals surface area contributed by atoms with Gasteiger partial charge in [0, 0.05) is 7.11 Å². The molecule has 0 aliphatic heterocycles. The summed E-state index contributed by atoms with van der Waals surface area (Å²) in [5.41, 5.74) is 6.50. The fourth-order valence-corrected chi connectivity index (χ4v) is 2.55. The van der Waals surface area contributed by atoms with Crippen molar-refractivity contribution in [3.05, 3.63) is 83.9 Å². The fourth-order valence-electron chi connectivity index (χ4n) is 2.55. The Kier molecular flexibility index (Phi) is 4.52. The second-order valence-electron chi connectivity index (χ2n) is 5.40. The second kappa shape index (κ2) is 6.91. The van der Waals surface area contributed by atoms with Crippen LogP contribution in [0.4, 0.5) is 0 Å². The van der Waals surface area contributed by atoms with Crippen molar-refractivity contribution in [3.63, 3.8) is 0 Å². The quantitative estimate of drug-likeness (QED) is 0.676. The summed E-state index contributed by atoms with van der Waals surface area (Å²) in [7, 11) is 1.70. The number of hydrogen-bond donors (Lipinski definition) is 0. The Morgan fingerprint density at radius 2 is 1.09 bits per heavy atom. The second-order valence-corrected chi connectivity index (χ2v) is 5.40. The van der Waals surface area contributed by atoms with E-state index in [9.17, 15) is 0 Å². The van der Waals surface area contributed by atoms with Gasteiger partial charge in [-0.05, 0) is 39.9 Å². The number of rotatable bonds is 4. The standard InChI is InChI=1S/C21H17NO/c1-23-15-17-4-8-19(9-5-17)21-12-10-20(11-13-21)18-6-2-16(14-22)3-7-18/h2-13H,15H2,1H3. The van der Waals surface area contributed by atoms with Gasteiger partial charge in [0.25, 0.3) is 0 Å². The average molecular weight is 299 g/mol. The van der Waals surface area contributed by atoms with Gasteiger partial charge >= 0.3 is 0 Å². The predicted molar refractivity (Wildman–Crippen MR) is 92.7 cm³/mol. The molecule has 0 aromatic heterocycles. The van der Waals surface area contributed by atoms with E-state index in [1.54, 1.807) is 7.11 Å². The summed E-state index contributed by atoms with van der Waals surface area (Å²) in [5, 5.41) is 8.86. The molecule has 0 aliphatic carbocycles. The Bertz CT molecular complexity index is 810. The number of nitrogens with zero attached hydrogens (tertiary/aromatic N) is 1. The van der Waals surface area contributed by atoms with Crippen molar-refractivity contribution in [1.29, 1.82) is 5.26 Å². The van der Waals surface area contributed by atoms with E-state index < -0.39 is 0 Å². The average Bonchev–Trinajstić information content (AvgIpc) is 2.63. The van der Waals surface area contributed by atoms with Crippen LogP contribution in [0.5, 0.6) is 0 Å². The summed E-state index contributed by atoms with van der Waals surface area (Å²) >= 11 is 0. The summed E-state index contributed by atoms with van der Waals surface area (Å²) < 4.78 is 5.13. The minimum atomic E-state index is 0.637. The lowest BCUT2D eigenvalue weighted by Gasteiger charge is -2.06. The van der Waals surface area contributed by atoms with Gasteiger partial charge in [0.15, 0.2) is 0 Å². The molecule has 3 rings (SSSR count). The number of methoxy groups -OCH3 is 1. The van der Waals surface area contributed by atoms with E-state index in [0.29, 0.717) is 12.2 Å². The highest BCUT2D eigenvalue weighted by atomic mass is 16.5. The molecule has 0 saturated heterocycles. The normalized spacial score (nSPS) is 10.3. The number of benzene rings is 3. The Hall–Kier alpha value is -2.89. The maximum atomic E-state index is 8.86. The summed E-state index contributed by atoms with van der Waals surface area (Å²) in [6.45, 7) is 0.637. The maximum Gasteiger partial charge on any atom is 0.0991 e. The van der Waals surface area contributed by atoms with Crippen LogP contribution in [0, 0.1) is 11.3 Å². The first-order chi connectivity index (χ1) is 11.3. The van der Waals surface area contributed by atoms with Crippen molar-refractivity contribution in [3.8, 4) is 28.3 Å². The molecule has 112 valence electrons. The topological polar surface area (TPSA) is 33.0 Å². The molecule has 0 aliphatic rings. The van der Waals surface area contributed by atoms with E-state index in [2.05, 4.69) is 54.6 Å². The first-order valence-corrected chi connectivity index (χ1v) is 7.49. The lowest BCUT2D eigenvalue weighted by atomic mass is 9.99. The molecule has 0 saturated carbocycles. The number of nitriles is 1. The molecule has 0 N–H and O–H groups in total. The highest BCUT2D eigenvalue weighted by Gasteiger charge is 2.01. The lowest BCUT2D eigenvalue weighted by Crippen LogP contribution is -1.87. The number of hydrogen-bond acceptors (Lipinski definition) is 2. The van der Waals surface area contributed by atoms with Gasteiger partial charge in [0.1, 0.15) is 0 Å². The van der Waals surface area contributed by atoms with Crippen LogP contribution < -0.4 is 0 Å². The van der Waals surface area contributed by atoms with Crippen LogP contribution in [0.15, 0.2) is 72.8 Å². The molecule has 3 aromatic carbocycles. The molecule has 0 unspecified atom stereocenters. The summed E-state index contributed by atoms with van der Waals surface area (Å²) in [6, 6.07) is 26.7. The zero-order valence-electron chi connectivity index (χ0n) is 13.0. The predicted octanol–water partition coefficient (Wildman–Crippen LogP) is 5.04. The molecule has 2 heteroatoms. The summed E-state index contributed by atoms with van der Waals surface area (Å²) in [6.07, 6.45) is 0. The Morgan fingerprint density at radius 1 is 0.696 bits per heavy atom. The van der Waals surface area contributed by atoms with Crippen molar-refractivity contribution in [2.75, 3.05) is 7.11 Å². The number of ether oxygens (including phenoxy) is 1. The lowest BCUT2D eigenvalue weighted by molar-refractivity contribution is 0.185. The van der Waals surface area contributed by atoms with E-state index in [1.807, 2.05) is 24.3 Å². The van der Waals surface area contributed by atoms with E-state index in [-0.39, 0.29) is 0 Å². The van der Waals surface area contributed by atoms with Crippen molar-refractivity contribution >= 4 is 0 Å². The summed E-state index contributed by atoms with van der Waals surface area (Å²) in [4.78, 5) is 0. The first-order valence-electron chi connectivity index (χ1n) is 7.49. The van der Waals surface area contributed by atoms with Crippen LogP contribution in [0.1, 0.15) is 11.1 Å². The molecule has 0 atom stereocenters. The molecule has 0 radical (unpaired) electrons. The largest absolute Gasteiger partial charge is 0.380 e. The maximum absolute atomic E-state index is 8.86. The van der Waals surface area contributed by atoms with Crippen molar-refractivity contribution in [2.45, 2.75) is 6.61 Å². The van der Waals surface area contributed by atoms with Crippen LogP contribution in [0.3, 0.4) is 0 Å². The van der Waals surface area contributed by atoms with Crippen LogP contribution in [0.2, 0.25) is 0 Å². The molecular formula is C21H17NO. The third-order valence-electron chi connectivity index (χ3n) is 3.83. The van der Waals surface area contributed by atoms with Gasteiger partial charge in [-0.25, -0.2) is 0 Å². The van der Waals surface area contributed by atoms with Gasteiger partial charge in [-0.15, -0.1) is 0 Å². The highest BCUT2D eigenvalue weighted by Crippen LogP contribution is 2.25. The SMILES string of the molecule is COCc1ccc(-c2ccc(-c3ccc(C#N)cc3)cc2)cc1. The smallest absolute Gasteiger partial charge is 0.0991 e. The fraction of sp³-hybridized carbons (Fsp3) is 0.0952. The van der Waals surface area contributed by atoms with Crippen molar-refractivity contribution in [1.82, 2.24) is 0 Å². The molecule has 23 heavy (non-hydrogen) atoms. The van der Waals surface area contributed by atoms with E-state index >= 15 is 0 Å². The third kappa shape index (κ3) is 3.48. The van der Waals surface area contributed by atoms with Gasteiger partial charge in [0.2, 0.25) is 0 Å². The zero-order valence-corrected chi connectivity index (χ0v) is 13.0. The monoisotopic (exact) mass is 299 g/mol. The van der Waals surface area contributed by atoms with Crippen LogP contribution in [0.25, 0.3) is 22.3 Å². The van der Waals surface area contributed by atoms with Gasteiger partial charge in [-0.1, -0.05) is 60.7 Å². The molecule has 2 nitrogen and oxygen atoms in total.